The Balaban J connectivity index is 1.56. The van der Waals surface area contributed by atoms with Crippen LogP contribution in [0.5, 0.6) is 0 Å². The maximum Gasteiger partial charge on any atom is 0.264 e. The van der Waals surface area contributed by atoms with Crippen molar-refractivity contribution in [3.8, 4) is 11.3 Å². The van der Waals surface area contributed by atoms with Gasteiger partial charge < -0.3 is 9.73 Å². The van der Waals surface area contributed by atoms with Crippen LogP contribution in [0.1, 0.15) is 16.9 Å². The number of hydrogen-bond donors (Lipinski definition) is 1. The van der Waals surface area contributed by atoms with Crippen LogP contribution in [0, 0.1) is 13.8 Å². The van der Waals surface area contributed by atoms with E-state index in [1.54, 1.807) is 6.08 Å². The molecule has 0 unspecified atom stereocenters. The van der Waals surface area contributed by atoms with Crippen LogP contribution < -0.4 is 5.32 Å². The number of carbonyl (C=O) groups is 1. The van der Waals surface area contributed by atoms with Gasteiger partial charge in [-0.1, -0.05) is 40.2 Å². The monoisotopic (exact) mass is 452 g/mol. The maximum atomic E-state index is 12.3. The third-order valence-electron chi connectivity index (χ3n) is 4.27. The van der Waals surface area contributed by atoms with Crippen molar-refractivity contribution < 1.29 is 9.21 Å². The Morgan fingerprint density at radius 2 is 1.86 bits per heavy atom. The zero-order chi connectivity index (χ0) is 19.7. The first-order valence-corrected chi connectivity index (χ1v) is 10.3. The molecule has 1 fully saturated rings. The summed E-state index contributed by atoms with van der Waals surface area (Å²) < 4.78 is 6.90. The van der Waals surface area contributed by atoms with Crippen LogP contribution in [0.3, 0.4) is 0 Å². The minimum Gasteiger partial charge on any atom is -0.457 e. The molecular weight excluding hydrogens is 436 g/mol. The molecule has 0 saturated carbocycles. The molecule has 2 aromatic carbocycles. The molecule has 1 aliphatic rings. The van der Waals surface area contributed by atoms with E-state index in [9.17, 15) is 4.79 Å². The summed E-state index contributed by atoms with van der Waals surface area (Å²) in [4.78, 5) is 17.5. The molecule has 0 bridgehead atoms. The highest BCUT2D eigenvalue weighted by atomic mass is 79.9. The van der Waals surface area contributed by atoms with Crippen molar-refractivity contribution >= 4 is 50.5 Å². The summed E-state index contributed by atoms with van der Waals surface area (Å²) in [5, 5.41) is 3.40. The summed E-state index contributed by atoms with van der Waals surface area (Å²) >= 11 is 4.74. The van der Waals surface area contributed by atoms with Gasteiger partial charge in [-0.3, -0.25) is 4.79 Å². The smallest absolute Gasteiger partial charge is 0.264 e. The molecule has 28 heavy (non-hydrogen) atoms. The van der Waals surface area contributed by atoms with Gasteiger partial charge in [0.25, 0.3) is 5.91 Å². The van der Waals surface area contributed by atoms with Crippen LogP contribution in [-0.2, 0) is 4.79 Å². The van der Waals surface area contributed by atoms with Crippen molar-refractivity contribution in [3.63, 3.8) is 0 Å². The molecule has 4 rings (SSSR count). The first kappa shape index (κ1) is 18.8. The van der Waals surface area contributed by atoms with E-state index in [4.69, 9.17) is 4.42 Å². The summed E-state index contributed by atoms with van der Waals surface area (Å²) in [6, 6.07) is 17.7. The number of halogens is 1. The Hall–Kier alpha value is -2.57. The van der Waals surface area contributed by atoms with E-state index in [2.05, 4.69) is 26.2 Å². The molecule has 1 aliphatic heterocycles. The van der Waals surface area contributed by atoms with Crippen LogP contribution in [0.4, 0.5) is 5.69 Å². The fourth-order valence-electron chi connectivity index (χ4n) is 2.76. The van der Waals surface area contributed by atoms with Gasteiger partial charge in [0, 0.05) is 16.1 Å². The van der Waals surface area contributed by atoms with Gasteiger partial charge in [0.05, 0.1) is 10.6 Å². The first-order chi connectivity index (χ1) is 13.5. The fraction of sp³-hybridized carbons (Fsp3) is 0.0909. The Kier molecular flexibility index (Phi) is 5.24. The largest absolute Gasteiger partial charge is 0.457 e. The Bertz CT molecular complexity index is 1110. The molecule has 0 radical (unpaired) electrons. The van der Waals surface area contributed by atoms with Crippen molar-refractivity contribution in [3.05, 3.63) is 80.9 Å². The highest BCUT2D eigenvalue weighted by molar-refractivity contribution is 9.10. The fourth-order valence-corrected chi connectivity index (χ4v) is 3.84. The second-order valence-electron chi connectivity index (χ2n) is 6.48. The highest BCUT2D eigenvalue weighted by Gasteiger charge is 2.24. The summed E-state index contributed by atoms with van der Waals surface area (Å²) in [6.07, 6.45) is 1.74. The van der Waals surface area contributed by atoms with Gasteiger partial charge in [-0.05, 0) is 67.1 Å². The molecule has 0 aliphatic carbocycles. The predicted molar refractivity (Wildman–Crippen MR) is 119 cm³/mol. The van der Waals surface area contributed by atoms with Crippen LogP contribution in [0.25, 0.3) is 17.4 Å². The van der Waals surface area contributed by atoms with Gasteiger partial charge in [-0.2, -0.15) is 0 Å². The van der Waals surface area contributed by atoms with Crippen molar-refractivity contribution in [1.82, 2.24) is 5.32 Å². The third kappa shape index (κ3) is 4.13. The quantitative estimate of drug-likeness (QED) is 0.480. The minimum atomic E-state index is -0.171. The van der Waals surface area contributed by atoms with E-state index < -0.39 is 0 Å². The van der Waals surface area contributed by atoms with Gasteiger partial charge in [0.2, 0.25) is 0 Å². The number of nitrogens with zero attached hydrogens (tertiary/aromatic N) is 1. The molecule has 1 saturated heterocycles. The zero-order valence-electron chi connectivity index (χ0n) is 15.3. The van der Waals surface area contributed by atoms with Crippen LogP contribution in [-0.4, -0.2) is 11.1 Å². The SMILES string of the molecule is Cc1ccc(C)c(N=C2NC(=O)C(=Cc3ccc(-c4ccc(Br)cc4)o3)S2)c1. The van der Waals surface area contributed by atoms with Crippen molar-refractivity contribution in [2.24, 2.45) is 4.99 Å². The molecule has 1 N–H and O–H groups in total. The average molecular weight is 453 g/mol. The van der Waals surface area contributed by atoms with E-state index in [-0.39, 0.29) is 5.91 Å². The number of furan rings is 1. The lowest BCUT2D eigenvalue weighted by atomic mass is 10.1. The average Bonchev–Trinajstić information content (AvgIpc) is 3.26. The number of rotatable bonds is 3. The number of amides is 1. The summed E-state index contributed by atoms with van der Waals surface area (Å²) in [7, 11) is 0. The third-order valence-corrected chi connectivity index (χ3v) is 5.70. The van der Waals surface area contributed by atoms with Gasteiger partial charge >= 0.3 is 0 Å². The minimum absolute atomic E-state index is 0.171. The predicted octanol–water partition coefficient (Wildman–Crippen LogP) is 6.22. The Morgan fingerprint density at radius 1 is 1.07 bits per heavy atom. The number of benzene rings is 2. The number of thioether (sulfide) groups is 1. The molecule has 1 amide bonds. The molecule has 4 nitrogen and oxygen atoms in total. The van der Waals surface area contributed by atoms with Gasteiger partial charge in [0.1, 0.15) is 11.5 Å². The molecule has 2 heterocycles. The van der Waals surface area contributed by atoms with Gasteiger partial charge in [-0.15, -0.1) is 0 Å². The van der Waals surface area contributed by atoms with Crippen molar-refractivity contribution in [1.29, 1.82) is 0 Å². The van der Waals surface area contributed by atoms with Gasteiger partial charge in [-0.25, -0.2) is 4.99 Å². The van der Waals surface area contributed by atoms with E-state index in [0.717, 1.165) is 32.6 Å². The van der Waals surface area contributed by atoms with E-state index >= 15 is 0 Å². The normalized spacial score (nSPS) is 16.8. The molecule has 1 aromatic heterocycles. The number of carbonyl (C=O) groups excluding carboxylic acids is 1. The van der Waals surface area contributed by atoms with E-state index in [0.29, 0.717) is 15.8 Å². The number of nitrogens with one attached hydrogen (secondary N) is 1. The van der Waals surface area contributed by atoms with Crippen LogP contribution >= 0.6 is 27.7 Å². The zero-order valence-corrected chi connectivity index (χ0v) is 17.7. The molecule has 140 valence electrons. The van der Waals surface area contributed by atoms with Crippen molar-refractivity contribution in [2.75, 3.05) is 0 Å². The summed E-state index contributed by atoms with van der Waals surface area (Å²) in [5.41, 5.74) is 4.04. The van der Waals surface area contributed by atoms with E-state index in [1.165, 1.54) is 11.8 Å². The Morgan fingerprint density at radius 3 is 2.64 bits per heavy atom. The van der Waals surface area contributed by atoms with Crippen LogP contribution in [0.2, 0.25) is 0 Å². The first-order valence-electron chi connectivity index (χ1n) is 8.70. The molecule has 3 aromatic rings. The van der Waals surface area contributed by atoms with E-state index in [1.807, 2.05) is 68.4 Å². The second kappa shape index (κ2) is 7.81. The number of aryl methyl sites for hydroxylation is 2. The lowest BCUT2D eigenvalue weighted by Gasteiger charge is -2.02. The molecular formula is C22H17BrN2O2S. The molecule has 0 spiro atoms. The van der Waals surface area contributed by atoms with Crippen molar-refractivity contribution in [2.45, 2.75) is 13.8 Å². The van der Waals surface area contributed by atoms with Gasteiger partial charge in [0.15, 0.2) is 5.17 Å². The summed E-state index contributed by atoms with van der Waals surface area (Å²) in [5.74, 6) is 1.21. The maximum absolute atomic E-state index is 12.3. The summed E-state index contributed by atoms with van der Waals surface area (Å²) in [6.45, 7) is 4.03. The lowest BCUT2D eigenvalue weighted by molar-refractivity contribution is -0.115. The second-order valence-corrected chi connectivity index (χ2v) is 8.43. The highest BCUT2D eigenvalue weighted by Crippen LogP contribution is 2.31. The standard InChI is InChI=1S/C22H17BrN2O2S/c1-13-3-4-14(2)18(11-13)24-22-25-21(26)20(28-22)12-17-9-10-19(27-17)15-5-7-16(23)8-6-15/h3-12H,1-2H3,(H,24,25,26). The topological polar surface area (TPSA) is 54.6 Å². The molecule has 0 atom stereocenters. The lowest BCUT2D eigenvalue weighted by Crippen LogP contribution is -2.19. The number of amidine groups is 1. The number of hydrogen-bond acceptors (Lipinski definition) is 4. The Labute approximate surface area is 175 Å². The number of aliphatic imine (C=N–C) groups is 1. The van der Waals surface area contributed by atoms with Crippen LogP contribution in [0.15, 0.2) is 73.4 Å². The molecule has 6 heteroatoms.